The van der Waals surface area contributed by atoms with Crippen LogP contribution in [0.15, 0.2) is 24.3 Å². The summed E-state index contributed by atoms with van der Waals surface area (Å²) in [5.41, 5.74) is 11.7. The summed E-state index contributed by atoms with van der Waals surface area (Å²) < 4.78 is 0. The van der Waals surface area contributed by atoms with Crippen LogP contribution in [0.2, 0.25) is 0 Å². The molecule has 1 aromatic heterocycles. The van der Waals surface area contributed by atoms with Crippen LogP contribution in [-0.4, -0.2) is 16.5 Å². The number of hydrogen-bond donors (Lipinski definition) is 1. The molecule has 0 saturated heterocycles. The van der Waals surface area contributed by atoms with Crippen LogP contribution in [0.4, 0.5) is 0 Å². The number of nitrogens with two attached hydrogens (primary N) is 1. The zero-order chi connectivity index (χ0) is 13.9. The summed E-state index contributed by atoms with van der Waals surface area (Å²) in [5, 5.41) is 0. The number of benzene rings is 1. The molecule has 0 saturated carbocycles. The van der Waals surface area contributed by atoms with Crippen molar-refractivity contribution in [3.8, 4) is 11.4 Å². The largest absolute Gasteiger partial charge is 0.330 e. The molecule has 0 fully saturated rings. The Hall–Kier alpha value is -1.45. The molecule has 3 rings (SSSR count). The number of aromatic nitrogens is 2. The SMILES string of the molecule is Cc1nc(-c2ccc(CCN)cc2)nc2c1CCCC2.Cl. The number of nitrogens with zero attached hydrogens (tertiary/aromatic N) is 2. The van der Waals surface area contributed by atoms with Crippen molar-refractivity contribution in [2.75, 3.05) is 6.54 Å². The van der Waals surface area contributed by atoms with E-state index < -0.39 is 0 Å². The van der Waals surface area contributed by atoms with Crippen molar-refractivity contribution in [2.24, 2.45) is 5.73 Å². The zero-order valence-corrected chi connectivity index (χ0v) is 13.2. The molecule has 0 atom stereocenters. The molecule has 2 N–H and O–H groups in total. The molecule has 0 aliphatic heterocycles. The van der Waals surface area contributed by atoms with E-state index in [9.17, 15) is 0 Å². The lowest BCUT2D eigenvalue weighted by Crippen LogP contribution is -2.10. The van der Waals surface area contributed by atoms with E-state index in [0.717, 1.165) is 36.3 Å². The van der Waals surface area contributed by atoms with E-state index in [1.807, 2.05) is 0 Å². The number of hydrogen-bond acceptors (Lipinski definition) is 3. The lowest BCUT2D eigenvalue weighted by molar-refractivity contribution is 0.658. The summed E-state index contributed by atoms with van der Waals surface area (Å²) in [5.74, 6) is 0.863. The van der Waals surface area contributed by atoms with Gasteiger partial charge in [0.25, 0.3) is 0 Å². The standard InChI is InChI=1S/C17H21N3.ClH/c1-12-15-4-2-3-5-16(15)20-17(19-12)14-8-6-13(7-9-14)10-11-18;/h6-9H,2-5,10-11,18H2,1H3;1H. The van der Waals surface area contributed by atoms with Crippen molar-refractivity contribution in [2.45, 2.75) is 39.0 Å². The van der Waals surface area contributed by atoms with Crippen LogP contribution < -0.4 is 5.73 Å². The maximum absolute atomic E-state index is 5.58. The van der Waals surface area contributed by atoms with Gasteiger partial charge in [0.1, 0.15) is 0 Å². The van der Waals surface area contributed by atoms with Crippen LogP contribution in [0.5, 0.6) is 0 Å². The van der Waals surface area contributed by atoms with E-state index in [1.54, 1.807) is 0 Å². The molecule has 4 heteroatoms. The summed E-state index contributed by atoms with van der Waals surface area (Å²) in [6.45, 7) is 2.80. The molecular weight excluding hydrogens is 282 g/mol. The van der Waals surface area contributed by atoms with Gasteiger partial charge in [-0.2, -0.15) is 0 Å². The second-order valence-corrected chi connectivity index (χ2v) is 5.50. The molecule has 0 amide bonds. The van der Waals surface area contributed by atoms with Gasteiger partial charge in [-0.1, -0.05) is 24.3 Å². The predicted molar refractivity (Wildman–Crippen MR) is 88.9 cm³/mol. The van der Waals surface area contributed by atoms with Gasteiger partial charge in [0, 0.05) is 17.0 Å². The number of fused-ring (bicyclic) bond motifs is 1. The molecule has 21 heavy (non-hydrogen) atoms. The fourth-order valence-corrected chi connectivity index (χ4v) is 2.90. The third kappa shape index (κ3) is 3.42. The minimum Gasteiger partial charge on any atom is -0.330 e. The summed E-state index contributed by atoms with van der Waals surface area (Å²) >= 11 is 0. The Balaban J connectivity index is 0.00000161. The third-order valence-corrected chi connectivity index (χ3v) is 4.04. The Bertz CT molecular complexity index is 608. The van der Waals surface area contributed by atoms with E-state index in [2.05, 4.69) is 31.2 Å². The average Bonchev–Trinajstić information content (AvgIpc) is 2.48. The quantitative estimate of drug-likeness (QED) is 0.947. The minimum atomic E-state index is 0. The fourth-order valence-electron chi connectivity index (χ4n) is 2.90. The molecule has 1 aliphatic carbocycles. The van der Waals surface area contributed by atoms with Crippen LogP contribution in [0.25, 0.3) is 11.4 Å². The van der Waals surface area contributed by atoms with Crippen molar-refractivity contribution < 1.29 is 0 Å². The Kier molecular flexibility index (Phi) is 5.32. The summed E-state index contributed by atoms with van der Waals surface area (Å²) in [7, 11) is 0. The van der Waals surface area contributed by atoms with E-state index in [0.29, 0.717) is 6.54 Å². The zero-order valence-electron chi connectivity index (χ0n) is 12.4. The van der Waals surface area contributed by atoms with Gasteiger partial charge < -0.3 is 5.73 Å². The van der Waals surface area contributed by atoms with Crippen LogP contribution in [0, 0.1) is 6.92 Å². The lowest BCUT2D eigenvalue weighted by Gasteiger charge is -2.17. The van der Waals surface area contributed by atoms with Crippen LogP contribution >= 0.6 is 12.4 Å². The first-order valence-corrected chi connectivity index (χ1v) is 7.43. The van der Waals surface area contributed by atoms with Gasteiger partial charge in [-0.25, -0.2) is 9.97 Å². The summed E-state index contributed by atoms with van der Waals surface area (Å²) in [6.07, 6.45) is 5.67. The second-order valence-electron chi connectivity index (χ2n) is 5.50. The molecule has 0 radical (unpaired) electrons. The molecule has 2 aromatic rings. The smallest absolute Gasteiger partial charge is 0.159 e. The summed E-state index contributed by atoms with van der Waals surface area (Å²) in [4.78, 5) is 9.48. The molecule has 0 bridgehead atoms. The lowest BCUT2D eigenvalue weighted by atomic mass is 9.95. The molecular formula is C17H22ClN3. The Labute approximate surface area is 132 Å². The van der Waals surface area contributed by atoms with Crippen molar-refractivity contribution in [3.63, 3.8) is 0 Å². The Morgan fingerprint density at radius 2 is 1.76 bits per heavy atom. The van der Waals surface area contributed by atoms with E-state index in [4.69, 9.17) is 15.7 Å². The number of halogens is 1. The van der Waals surface area contributed by atoms with Gasteiger partial charge in [0.05, 0.1) is 0 Å². The molecule has 1 aromatic carbocycles. The number of rotatable bonds is 3. The van der Waals surface area contributed by atoms with Gasteiger partial charge in [-0.05, 0) is 56.7 Å². The molecule has 1 heterocycles. The van der Waals surface area contributed by atoms with Crippen molar-refractivity contribution in [1.29, 1.82) is 0 Å². The number of aryl methyl sites for hydroxylation is 2. The van der Waals surface area contributed by atoms with Crippen molar-refractivity contribution >= 4 is 12.4 Å². The van der Waals surface area contributed by atoms with Gasteiger partial charge >= 0.3 is 0 Å². The first-order chi connectivity index (χ1) is 9.78. The molecule has 3 nitrogen and oxygen atoms in total. The first kappa shape index (κ1) is 15.9. The van der Waals surface area contributed by atoms with Gasteiger partial charge in [-0.15, -0.1) is 12.4 Å². The monoisotopic (exact) mass is 303 g/mol. The highest BCUT2D eigenvalue weighted by Gasteiger charge is 2.15. The van der Waals surface area contributed by atoms with Gasteiger partial charge in [0.2, 0.25) is 0 Å². The van der Waals surface area contributed by atoms with Crippen LogP contribution in [0.1, 0.15) is 35.4 Å². The van der Waals surface area contributed by atoms with Crippen molar-refractivity contribution in [3.05, 3.63) is 46.8 Å². The molecule has 0 unspecified atom stereocenters. The highest BCUT2D eigenvalue weighted by Crippen LogP contribution is 2.25. The topological polar surface area (TPSA) is 51.8 Å². The van der Waals surface area contributed by atoms with E-state index in [1.165, 1.54) is 29.7 Å². The van der Waals surface area contributed by atoms with Crippen LogP contribution in [0.3, 0.4) is 0 Å². The normalized spacial score (nSPS) is 13.4. The van der Waals surface area contributed by atoms with Crippen LogP contribution in [-0.2, 0) is 19.3 Å². The highest BCUT2D eigenvalue weighted by molar-refractivity contribution is 5.85. The van der Waals surface area contributed by atoms with Gasteiger partial charge in [0.15, 0.2) is 5.82 Å². The fraction of sp³-hybridized carbons (Fsp3) is 0.412. The van der Waals surface area contributed by atoms with Gasteiger partial charge in [-0.3, -0.25) is 0 Å². The molecule has 0 spiro atoms. The van der Waals surface area contributed by atoms with E-state index in [-0.39, 0.29) is 12.4 Å². The van der Waals surface area contributed by atoms with Crippen molar-refractivity contribution in [1.82, 2.24) is 9.97 Å². The molecule has 112 valence electrons. The summed E-state index contributed by atoms with van der Waals surface area (Å²) in [6, 6.07) is 8.46. The second kappa shape index (κ2) is 7.01. The predicted octanol–water partition coefficient (Wildman–Crippen LogP) is 3.25. The Morgan fingerprint density at radius 1 is 1.05 bits per heavy atom. The minimum absolute atomic E-state index is 0. The maximum atomic E-state index is 5.58. The maximum Gasteiger partial charge on any atom is 0.159 e. The van der Waals surface area contributed by atoms with E-state index >= 15 is 0 Å². The highest BCUT2D eigenvalue weighted by atomic mass is 35.5. The Morgan fingerprint density at radius 3 is 2.48 bits per heavy atom. The first-order valence-electron chi connectivity index (χ1n) is 7.43. The molecule has 1 aliphatic rings. The third-order valence-electron chi connectivity index (χ3n) is 4.04. The average molecular weight is 304 g/mol.